The van der Waals surface area contributed by atoms with Crippen molar-refractivity contribution in [2.45, 2.75) is 56.7 Å². The molecule has 1 atom stereocenters. The van der Waals surface area contributed by atoms with Gasteiger partial charge in [0.05, 0.1) is 12.5 Å². The summed E-state index contributed by atoms with van der Waals surface area (Å²) in [5, 5.41) is 16.1. The molecule has 0 radical (unpaired) electrons. The molecule has 1 aromatic heterocycles. The summed E-state index contributed by atoms with van der Waals surface area (Å²) in [6, 6.07) is -0.0373. The van der Waals surface area contributed by atoms with Crippen LogP contribution in [0, 0.1) is 0 Å². The Morgan fingerprint density at radius 1 is 1.30 bits per heavy atom. The second-order valence-corrected chi connectivity index (χ2v) is 6.32. The lowest BCUT2D eigenvalue weighted by Gasteiger charge is -2.27. The molecule has 128 valence electrons. The van der Waals surface area contributed by atoms with Gasteiger partial charge in [-0.15, -0.1) is 0 Å². The molecule has 1 saturated heterocycles. The zero-order valence-corrected chi connectivity index (χ0v) is 12.7. The van der Waals surface area contributed by atoms with Gasteiger partial charge in [-0.2, -0.15) is 18.3 Å². The van der Waals surface area contributed by atoms with Crippen LogP contribution in [0.15, 0.2) is 0 Å². The molecular formula is C15H20F3N3O2. The first-order valence-electron chi connectivity index (χ1n) is 7.99. The van der Waals surface area contributed by atoms with Crippen molar-refractivity contribution >= 4 is 5.97 Å². The highest BCUT2D eigenvalue weighted by Crippen LogP contribution is 2.43. The lowest BCUT2D eigenvalue weighted by molar-refractivity contribution is -0.143. The molecule has 3 rings (SSSR count). The third-order valence-corrected chi connectivity index (χ3v) is 4.77. The van der Waals surface area contributed by atoms with Crippen LogP contribution in [0.2, 0.25) is 0 Å². The molecule has 0 bridgehead atoms. The van der Waals surface area contributed by atoms with E-state index in [0.29, 0.717) is 25.0 Å². The van der Waals surface area contributed by atoms with Crippen molar-refractivity contribution in [3.05, 3.63) is 17.0 Å². The SMILES string of the molecule is O=C(O)CC1CCCc2c1c(C(F)(F)F)nn2C1CCNCC1. The standard InChI is InChI=1S/C15H20F3N3O2/c16-15(17,18)14-13-9(8-12(22)23)2-1-3-11(13)21(20-14)10-4-6-19-7-5-10/h9-10,19H,1-8H2,(H,22,23). The average molecular weight is 331 g/mol. The number of nitrogens with one attached hydrogen (secondary N) is 1. The second-order valence-electron chi connectivity index (χ2n) is 6.32. The zero-order valence-electron chi connectivity index (χ0n) is 12.7. The predicted molar refractivity (Wildman–Crippen MR) is 76.3 cm³/mol. The predicted octanol–water partition coefficient (Wildman–Crippen LogP) is 2.72. The molecule has 8 heteroatoms. The number of carboxylic acids is 1. The minimum absolute atomic E-state index is 0.0373. The van der Waals surface area contributed by atoms with Crippen LogP contribution in [-0.2, 0) is 17.4 Å². The number of halogens is 3. The van der Waals surface area contributed by atoms with Gasteiger partial charge in [-0.3, -0.25) is 9.48 Å². The fourth-order valence-electron chi connectivity index (χ4n) is 3.80. The number of nitrogens with zero attached hydrogens (tertiary/aromatic N) is 2. The van der Waals surface area contributed by atoms with Gasteiger partial charge in [-0.1, -0.05) is 0 Å². The van der Waals surface area contributed by atoms with Gasteiger partial charge in [-0.25, -0.2) is 0 Å². The van der Waals surface area contributed by atoms with Crippen LogP contribution in [0.25, 0.3) is 0 Å². The number of hydrogen-bond acceptors (Lipinski definition) is 3. The van der Waals surface area contributed by atoms with E-state index in [1.165, 1.54) is 0 Å². The van der Waals surface area contributed by atoms with E-state index in [-0.39, 0.29) is 18.0 Å². The number of rotatable bonds is 3. The smallest absolute Gasteiger partial charge is 0.435 e. The van der Waals surface area contributed by atoms with Gasteiger partial charge in [0, 0.05) is 11.3 Å². The number of hydrogen-bond donors (Lipinski definition) is 2. The normalized spacial score (nSPS) is 22.8. The van der Waals surface area contributed by atoms with Crippen LogP contribution < -0.4 is 5.32 Å². The van der Waals surface area contributed by atoms with Gasteiger partial charge in [-0.05, 0) is 51.1 Å². The summed E-state index contributed by atoms with van der Waals surface area (Å²) in [7, 11) is 0. The molecule has 1 aliphatic carbocycles. The van der Waals surface area contributed by atoms with Crippen LogP contribution in [0.4, 0.5) is 13.2 Å². The van der Waals surface area contributed by atoms with Crippen molar-refractivity contribution in [2.24, 2.45) is 0 Å². The Hall–Kier alpha value is -1.57. The molecule has 23 heavy (non-hydrogen) atoms. The highest BCUT2D eigenvalue weighted by Gasteiger charge is 2.43. The van der Waals surface area contributed by atoms with E-state index in [9.17, 15) is 18.0 Å². The number of aromatic nitrogens is 2. The summed E-state index contributed by atoms with van der Waals surface area (Å²) >= 11 is 0. The first kappa shape index (κ1) is 16.3. The van der Waals surface area contributed by atoms with Crippen molar-refractivity contribution in [3.63, 3.8) is 0 Å². The Bertz CT molecular complexity index is 592. The molecule has 1 aliphatic heterocycles. The molecule has 1 fully saturated rings. The maximum atomic E-state index is 13.4. The summed E-state index contributed by atoms with van der Waals surface area (Å²) in [4.78, 5) is 11.0. The number of carboxylic acid groups (broad SMARTS) is 1. The quantitative estimate of drug-likeness (QED) is 0.894. The van der Waals surface area contributed by atoms with E-state index in [2.05, 4.69) is 10.4 Å². The fourth-order valence-corrected chi connectivity index (χ4v) is 3.80. The summed E-state index contributed by atoms with van der Waals surface area (Å²) in [6.45, 7) is 1.53. The van der Waals surface area contributed by atoms with Crippen molar-refractivity contribution in [3.8, 4) is 0 Å². The lowest BCUT2D eigenvalue weighted by atomic mass is 9.82. The first-order valence-corrected chi connectivity index (χ1v) is 7.99. The molecule has 1 aromatic rings. The maximum Gasteiger partial charge on any atom is 0.435 e. The molecule has 0 saturated carbocycles. The van der Waals surface area contributed by atoms with Crippen molar-refractivity contribution in [1.29, 1.82) is 0 Å². The Balaban J connectivity index is 2.06. The van der Waals surface area contributed by atoms with Crippen LogP contribution in [0.3, 0.4) is 0 Å². The third kappa shape index (κ3) is 3.22. The number of piperidine rings is 1. The number of carbonyl (C=O) groups is 1. The average Bonchev–Trinajstić information content (AvgIpc) is 2.88. The van der Waals surface area contributed by atoms with Crippen LogP contribution in [-0.4, -0.2) is 33.9 Å². The number of alkyl halides is 3. The Kier molecular flexibility index (Phi) is 4.35. The van der Waals surface area contributed by atoms with Crippen LogP contribution >= 0.6 is 0 Å². The molecule has 2 aliphatic rings. The molecular weight excluding hydrogens is 311 g/mol. The van der Waals surface area contributed by atoms with Crippen molar-refractivity contribution in [1.82, 2.24) is 15.1 Å². The lowest BCUT2D eigenvalue weighted by Crippen LogP contribution is -2.31. The van der Waals surface area contributed by atoms with E-state index >= 15 is 0 Å². The topological polar surface area (TPSA) is 67.1 Å². The highest BCUT2D eigenvalue weighted by molar-refractivity contribution is 5.68. The van der Waals surface area contributed by atoms with E-state index in [4.69, 9.17) is 5.11 Å². The van der Waals surface area contributed by atoms with Gasteiger partial charge in [0.1, 0.15) is 0 Å². The van der Waals surface area contributed by atoms with Crippen LogP contribution in [0.1, 0.15) is 61.0 Å². The molecule has 0 aromatic carbocycles. The van der Waals surface area contributed by atoms with Crippen LogP contribution in [0.5, 0.6) is 0 Å². The minimum atomic E-state index is -4.55. The Labute approximate surface area is 131 Å². The minimum Gasteiger partial charge on any atom is -0.481 e. The molecule has 2 N–H and O–H groups in total. The van der Waals surface area contributed by atoms with Gasteiger partial charge in [0.2, 0.25) is 0 Å². The summed E-state index contributed by atoms with van der Waals surface area (Å²) in [5.74, 6) is -1.66. The van der Waals surface area contributed by atoms with Gasteiger partial charge < -0.3 is 10.4 Å². The number of aliphatic carboxylic acids is 1. The fraction of sp³-hybridized carbons (Fsp3) is 0.733. The Morgan fingerprint density at radius 2 is 2.00 bits per heavy atom. The van der Waals surface area contributed by atoms with Crippen molar-refractivity contribution in [2.75, 3.05) is 13.1 Å². The Morgan fingerprint density at radius 3 is 2.61 bits per heavy atom. The van der Waals surface area contributed by atoms with E-state index in [0.717, 1.165) is 25.9 Å². The molecule has 0 amide bonds. The molecule has 5 nitrogen and oxygen atoms in total. The third-order valence-electron chi connectivity index (χ3n) is 4.77. The van der Waals surface area contributed by atoms with Gasteiger partial charge in [0.25, 0.3) is 0 Å². The van der Waals surface area contributed by atoms with E-state index in [1.54, 1.807) is 4.68 Å². The monoisotopic (exact) mass is 331 g/mol. The first-order chi connectivity index (χ1) is 10.9. The summed E-state index contributed by atoms with van der Waals surface area (Å²) in [6.07, 6.45) is -1.61. The molecule has 0 spiro atoms. The molecule has 2 heterocycles. The summed E-state index contributed by atoms with van der Waals surface area (Å²) < 4.78 is 41.8. The zero-order chi connectivity index (χ0) is 16.6. The largest absolute Gasteiger partial charge is 0.481 e. The highest BCUT2D eigenvalue weighted by atomic mass is 19.4. The number of fused-ring (bicyclic) bond motifs is 1. The van der Waals surface area contributed by atoms with E-state index < -0.39 is 23.8 Å². The van der Waals surface area contributed by atoms with Crippen molar-refractivity contribution < 1.29 is 23.1 Å². The van der Waals surface area contributed by atoms with Gasteiger partial charge >= 0.3 is 12.1 Å². The van der Waals surface area contributed by atoms with Gasteiger partial charge in [0.15, 0.2) is 5.69 Å². The maximum absolute atomic E-state index is 13.4. The second kappa shape index (κ2) is 6.14. The summed E-state index contributed by atoms with van der Waals surface area (Å²) in [5.41, 5.74) is -0.150. The van der Waals surface area contributed by atoms with E-state index in [1.807, 2.05) is 0 Å². The molecule has 1 unspecified atom stereocenters.